The molecule has 0 bridgehead atoms. The lowest BCUT2D eigenvalue weighted by molar-refractivity contribution is 0.0950. The summed E-state index contributed by atoms with van der Waals surface area (Å²) in [7, 11) is -3.53. The first kappa shape index (κ1) is 22.0. The van der Waals surface area contributed by atoms with Gasteiger partial charge in [0, 0.05) is 31.7 Å². The number of rotatable bonds is 7. The molecule has 1 N–H and O–H groups in total. The van der Waals surface area contributed by atoms with E-state index in [1.54, 1.807) is 18.2 Å². The summed E-state index contributed by atoms with van der Waals surface area (Å²) < 4.78 is 27.0. The van der Waals surface area contributed by atoms with Crippen molar-refractivity contribution in [1.82, 2.24) is 14.5 Å². The molecule has 31 heavy (non-hydrogen) atoms. The van der Waals surface area contributed by atoms with Crippen LogP contribution >= 0.6 is 0 Å². The SMILES string of the molecule is O=C(NCc1ccc(CN2CCCCC2)cc1)c1cccc(S(=O)(=O)N2CCCC2)c1. The molecule has 2 aliphatic rings. The average molecular weight is 442 g/mol. The van der Waals surface area contributed by atoms with Crippen LogP contribution in [-0.4, -0.2) is 49.7 Å². The van der Waals surface area contributed by atoms with E-state index in [1.165, 1.54) is 48.3 Å². The molecular weight excluding hydrogens is 410 g/mol. The molecule has 4 rings (SSSR count). The number of hydrogen-bond acceptors (Lipinski definition) is 4. The van der Waals surface area contributed by atoms with Gasteiger partial charge in [-0.1, -0.05) is 36.8 Å². The molecule has 2 aliphatic heterocycles. The van der Waals surface area contributed by atoms with E-state index in [2.05, 4.69) is 22.3 Å². The van der Waals surface area contributed by atoms with Gasteiger partial charge in [0.1, 0.15) is 0 Å². The Morgan fingerprint density at radius 3 is 2.19 bits per heavy atom. The Hall–Kier alpha value is -2.22. The smallest absolute Gasteiger partial charge is 0.251 e. The second kappa shape index (κ2) is 9.94. The average Bonchev–Trinajstić information content (AvgIpc) is 3.35. The molecule has 0 unspecified atom stereocenters. The van der Waals surface area contributed by atoms with Crippen molar-refractivity contribution in [2.45, 2.75) is 50.1 Å². The monoisotopic (exact) mass is 441 g/mol. The molecule has 2 fully saturated rings. The van der Waals surface area contributed by atoms with Gasteiger partial charge in [-0.05, 0) is 68.1 Å². The van der Waals surface area contributed by atoms with Gasteiger partial charge < -0.3 is 5.32 Å². The van der Waals surface area contributed by atoms with Gasteiger partial charge in [-0.25, -0.2) is 8.42 Å². The van der Waals surface area contributed by atoms with Crippen molar-refractivity contribution in [1.29, 1.82) is 0 Å². The van der Waals surface area contributed by atoms with Gasteiger partial charge >= 0.3 is 0 Å². The zero-order valence-corrected chi connectivity index (χ0v) is 18.7. The lowest BCUT2D eigenvalue weighted by Gasteiger charge is -2.26. The summed E-state index contributed by atoms with van der Waals surface area (Å²) in [6.07, 6.45) is 5.67. The minimum atomic E-state index is -3.53. The van der Waals surface area contributed by atoms with Crippen molar-refractivity contribution in [3.05, 3.63) is 65.2 Å². The molecule has 166 valence electrons. The molecular formula is C24H31N3O3S. The van der Waals surface area contributed by atoms with Crippen molar-refractivity contribution in [3.8, 4) is 0 Å². The summed E-state index contributed by atoms with van der Waals surface area (Å²) in [5.74, 6) is -0.268. The standard InChI is InChI=1S/C24H31N3O3S/c28-24(22-7-6-8-23(17-22)31(29,30)27-15-4-5-16-27)25-18-20-9-11-21(12-10-20)19-26-13-2-1-3-14-26/h6-12,17H,1-5,13-16,18-19H2,(H,25,28). The molecule has 2 heterocycles. The van der Waals surface area contributed by atoms with E-state index in [4.69, 9.17) is 0 Å². The molecule has 0 aliphatic carbocycles. The van der Waals surface area contributed by atoms with Crippen LogP contribution in [0.2, 0.25) is 0 Å². The van der Waals surface area contributed by atoms with E-state index < -0.39 is 10.0 Å². The summed E-state index contributed by atoms with van der Waals surface area (Å²) in [5.41, 5.74) is 2.68. The lowest BCUT2D eigenvalue weighted by Crippen LogP contribution is -2.29. The van der Waals surface area contributed by atoms with Crippen LogP contribution in [0.5, 0.6) is 0 Å². The first-order chi connectivity index (χ1) is 15.0. The molecule has 0 radical (unpaired) electrons. The summed E-state index contributed by atoms with van der Waals surface area (Å²) in [6.45, 7) is 4.82. The van der Waals surface area contributed by atoms with E-state index >= 15 is 0 Å². The van der Waals surface area contributed by atoms with Gasteiger partial charge in [-0.3, -0.25) is 9.69 Å². The quantitative estimate of drug-likeness (QED) is 0.715. The Morgan fingerprint density at radius 2 is 1.48 bits per heavy atom. The molecule has 1 amide bonds. The minimum absolute atomic E-state index is 0.184. The van der Waals surface area contributed by atoms with Crippen LogP contribution in [0.25, 0.3) is 0 Å². The predicted octanol–water partition coefficient (Wildman–Crippen LogP) is 3.39. The number of hydrogen-bond donors (Lipinski definition) is 1. The fraction of sp³-hybridized carbons (Fsp3) is 0.458. The van der Waals surface area contributed by atoms with Crippen LogP contribution in [0.3, 0.4) is 0 Å². The second-order valence-corrected chi connectivity index (χ2v) is 10.4. The molecule has 0 saturated carbocycles. The summed E-state index contributed by atoms with van der Waals surface area (Å²) in [5, 5.41) is 2.91. The fourth-order valence-corrected chi connectivity index (χ4v) is 5.86. The van der Waals surface area contributed by atoms with E-state index in [0.29, 0.717) is 25.2 Å². The number of carbonyl (C=O) groups is 1. The van der Waals surface area contributed by atoms with Crippen LogP contribution in [0.1, 0.15) is 53.6 Å². The van der Waals surface area contributed by atoms with Crippen LogP contribution < -0.4 is 5.32 Å². The number of benzene rings is 2. The summed E-state index contributed by atoms with van der Waals surface area (Å²) in [4.78, 5) is 15.3. The van der Waals surface area contributed by atoms with E-state index in [0.717, 1.165) is 24.9 Å². The second-order valence-electron chi connectivity index (χ2n) is 8.48. The Kier molecular flexibility index (Phi) is 7.05. The summed E-state index contributed by atoms with van der Waals surface area (Å²) in [6, 6.07) is 14.7. The molecule has 2 aromatic rings. The van der Waals surface area contributed by atoms with Crippen molar-refractivity contribution in [3.63, 3.8) is 0 Å². The highest BCUT2D eigenvalue weighted by Gasteiger charge is 2.27. The third kappa shape index (κ3) is 5.53. The van der Waals surface area contributed by atoms with Crippen LogP contribution in [0.15, 0.2) is 53.4 Å². The maximum Gasteiger partial charge on any atom is 0.251 e. The molecule has 0 spiro atoms. The Morgan fingerprint density at radius 1 is 0.839 bits per heavy atom. The van der Waals surface area contributed by atoms with E-state index in [9.17, 15) is 13.2 Å². The first-order valence-electron chi connectivity index (χ1n) is 11.2. The van der Waals surface area contributed by atoms with Gasteiger partial charge in [-0.2, -0.15) is 4.31 Å². The predicted molar refractivity (Wildman–Crippen MR) is 121 cm³/mol. The van der Waals surface area contributed by atoms with Gasteiger partial charge in [0.25, 0.3) is 5.91 Å². The topological polar surface area (TPSA) is 69.7 Å². The van der Waals surface area contributed by atoms with Gasteiger partial charge in [-0.15, -0.1) is 0 Å². The van der Waals surface area contributed by atoms with Crippen molar-refractivity contribution in [2.24, 2.45) is 0 Å². The number of nitrogens with one attached hydrogen (secondary N) is 1. The highest BCUT2D eigenvalue weighted by molar-refractivity contribution is 7.89. The largest absolute Gasteiger partial charge is 0.348 e. The Bertz CT molecular complexity index is 993. The van der Waals surface area contributed by atoms with Crippen LogP contribution in [0, 0.1) is 0 Å². The number of amides is 1. The number of likely N-dealkylation sites (tertiary alicyclic amines) is 1. The lowest BCUT2D eigenvalue weighted by atomic mass is 10.1. The molecule has 0 aromatic heterocycles. The molecule has 0 atom stereocenters. The van der Waals surface area contributed by atoms with E-state index in [1.807, 2.05) is 12.1 Å². The Balaban J connectivity index is 1.34. The van der Waals surface area contributed by atoms with Gasteiger partial charge in [0.2, 0.25) is 10.0 Å². The number of piperidine rings is 1. The number of carbonyl (C=O) groups excluding carboxylic acids is 1. The first-order valence-corrected chi connectivity index (χ1v) is 12.6. The zero-order chi connectivity index (χ0) is 21.7. The molecule has 2 aromatic carbocycles. The van der Waals surface area contributed by atoms with Crippen molar-refractivity contribution >= 4 is 15.9 Å². The highest BCUT2D eigenvalue weighted by atomic mass is 32.2. The summed E-state index contributed by atoms with van der Waals surface area (Å²) >= 11 is 0. The highest BCUT2D eigenvalue weighted by Crippen LogP contribution is 2.21. The fourth-order valence-electron chi connectivity index (χ4n) is 4.30. The van der Waals surface area contributed by atoms with Crippen molar-refractivity contribution in [2.75, 3.05) is 26.2 Å². The molecule has 2 saturated heterocycles. The Labute approximate surface area is 185 Å². The third-order valence-electron chi connectivity index (χ3n) is 6.13. The zero-order valence-electron chi connectivity index (χ0n) is 17.9. The minimum Gasteiger partial charge on any atom is -0.348 e. The van der Waals surface area contributed by atoms with Gasteiger partial charge in [0.15, 0.2) is 0 Å². The normalized spacial score (nSPS) is 18.2. The molecule has 7 heteroatoms. The number of sulfonamides is 1. The van der Waals surface area contributed by atoms with E-state index in [-0.39, 0.29) is 10.8 Å². The van der Waals surface area contributed by atoms with Gasteiger partial charge in [0.05, 0.1) is 4.90 Å². The van der Waals surface area contributed by atoms with Crippen molar-refractivity contribution < 1.29 is 13.2 Å². The van der Waals surface area contributed by atoms with Crippen LogP contribution in [-0.2, 0) is 23.1 Å². The maximum atomic E-state index is 12.8. The molecule has 6 nitrogen and oxygen atoms in total. The maximum absolute atomic E-state index is 12.8. The number of nitrogens with zero attached hydrogens (tertiary/aromatic N) is 2. The van der Waals surface area contributed by atoms with Crippen LogP contribution in [0.4, 0.5) is 0 Å². The third-order valence-corrected chi connectivity index (χ3v) is 8.02.